The van der Waals surface area contributed by atoms with Gasteiger partial charge in [0.2, 0.25) is 0 Å². The van der Waals surface area contributed by atoms with Crippen molar-refractivity contribution in [2.45, 2.75) is 33.1 Å². The summed E-state index contributed by atoms with van der Waals surface area (Å²) >= 11 is 2.07. The van der Waals surface area contributed by atoms with Crippen LogP contribution in [0.1, 0.15) is 33.1 Å². The third-order valence-electron chi connectivity index (χ3n) is 1.24. The van der Waals surface area contributed by atoms with Gasteiger partial charge in [0, 0.05) is 0 Å². The van der Waals surface area contributed by atoms with Gasteiger partial charge in [0.25, 0.3) is 0 Å². The molecule has 0 unspecified atom stereocenters. The minimum absolute atomic E-state index is 0.852. The van der Waals surface area contributed by atoms with E-state index in [9.17, 15) is 0 Å². The Morgan fingerprint density at radius 2 is 2.00 bits per heavy atom. The van der Waals surface area contributed by atoms with Gasteiger partial charge in [0.15, 0.2) is 0 Å². The van der Waals surface area contributed by atoms with E-state index in [0.717, 1.165) is 12.3 Å². The summed E-state index contributed by atoms with van der Waals surface area (Å²) in [7, 11) is 0. The Morgan fingerprint density at radius 1 is 1.30 bits per heavy atom. The first-order valence-electron chi connectivity index (χ1n) is 4.14. The maximum atomic E-state index is 3.81. The van der Waals surface area contributed by atoms with Crippen LogP contribution in [-0.2, 0) is 0 Å². The fourth-order valence-corrected chi connectivity index (χ4v) is 1.75. The van der Waals surface area contributed by atoms with E-state index in [1.54, 1.807) is 0 Å². The van der Waals surface area contributed by atoms with Gasteiger partial charge in [-0.3, -0.25) is 0 Å². The molecule has 0 aromatic heterocycles. The van der Waals surface area contributed by atoms with Gasteiger partial charge in [-0.25, -0.2) is 0 Å². The van der Waals surface area contributed by atoms with Crippen molar-refractivity contribution in [2.24, 2.45) is 5.92 Å². The number of unbranched alkanes of at least 4 members (excludes halogenated alkanes) is 2. The van der Waals surface area contributed by atoms with Crippen molar-refractivity contribution < 1.29 is 0 Å². The summed E-state index contributed by atoms with van der Waals surface area (Å²) < 4.78 is 0. The lowest BCUT2D eigenvalue weighted by atomic mass is 10.3. The summed E-state index contributed by atoms with van der Waals surface area (Å²) in [5.41, 5.74) is 0. The molecule has 1 radical (unpaired) electrons. The molecule has 0 bridgehead atoms. The van der Waals surface area contributed by atoms with Gasteiger partial charge in [-0.2, -0.15) is 11.8 Å². The fourth-order valence-electron chi connectivity index (χ4n) is 0.700. The third kappa shape index (κ3) is 8.35. The van der Waals surface area contributed by atoms with Gasteiger partial charge < -0.3 is 0 Å². The summed E-state index contributed by atoms with van der Waals surface area (Å²) in [5, 5.41) is 0. The minimum atomic E-state index is 0.852. The Labute approximate surface area is 69.8 Å². The van der Waals surface area contributed by atoms with E-state index in [0.29, 0.717) is 0 Å². The van der Waals surface area contributed by atoms with E-state index in [1.165, 1.54) is 24.3 Å². The molecular formula is C9H19S. The van der Waals surface area contributed by atoms with Crippen molar-refractivity contribution in [3.8, 4) is 0 Å². The lowest BCUT2D eigenvalue weighted by molar-refractivity contribution is 0.747. The van der Waals surface area contributed by atoms with Gasteiger partial charge in [0.05, 0.1) is 0 Å². The van der Waals surface area contributed by atoms with Crippen molar-refractivity contribution in [1.29, 1.82) is 0 Å². The second-order valence-corrected chi connectivity index (χ2v) is 4.18. The maximum absolute atomic E-state index is 3.81. The van der Waals surface area contributed by atoms with Gasteiger partial charge in [-0.1, -0.05) is 33.6 Å². The molecule has 0 atom stereocenters. The predicted molar refractivity (Wildman–Crippen MR) is 51.4 cm³/mol. The van der Waals surface area contributed by atoms with Gasteiger partial charge in [-0.05, 0) is 23.8 Å². The van der Waals surface area contributed by atoms with Crippen LogP contribution in [0.15, 0.2) is 0 Å². The van der Waals surface area contributed by atoms with Crippen LogP contribution in [0, 0.1) is 12.8 Å². The monoisotopic (exact) mass is 159 g/mol. The first-order valence-corrected chi connectivity index (χ1v) is 5.29. The molecule has 0 saturated heterocycles. The second kappa shape index (κ2) is 7.46. The fraction of sp³-hybridized carbons (Fsp3) is 0.889. The van der Waals surface area contributed by atoms with E-state index in [1.807, 2.05) is 0 Å². The summed E-state index contributed by atoms with van der Waals surface area (Å²) in [6.07, 6.45) is 3.74. The smallest absolute Gasteiger partial charge is 0.00444 e. The highest BCUT2D eigenvalue weighted by atomic mass is 32.2. The SMILES string of the molecule is [CH2]CCCCSCC(C)C. The lowest BCUT2D eigenvalue weighted by Gasteiger charge is -2.02. The van der Waals surface area contributed by atoms with Crippen molar-refractivity contribution in [3.63, 3.8) is 0 Å². The van der Waals surface area contributed by atoms with Crippen LogP contribution in [0.4, 0.5) is 0 Å². The Balaban J connectivity index is 2.77. The highest BCUT2D eigenvalue weighted by molar-refractivity contribution is 7.99. The zero-order valence-electron chi connectivity index (χ0n) is 7.23. The number of hydrogen-bond acceptors (Lipinski definition) is 1. The van der Waals surface area contributed by atoms with Crippen molar-refractivity contribution >= 4 is 11.8 Å². The van der Waals surface area contributed by atoms with E-state index < -0.39 is 0 Å². The molecule has 0 aromatic rings. The minimum Gasteiger partial charge on any atom is -0.162 e. The number of hydrogen-bond donors (Lipinski definition) is 0. The highest BCUT2D eigenvalue weighted by Gasteiger charge is 1.92. The molecule has 10 heavy (non-hydrogen) atoms. The molecule has 0 nitrogen and oxygen atoms in total. The van der Waals surface area contributed by atoms with Crippen LogP contribution < -0.4 is 0 Å². The van der Waals surface area contributed by atoms with Crippen molar-refractivity contribution in [1.82, 2.24) is 0 Å². The average molecular weight is 159 g/mol. The van der Waals surface area contributed by atoms with Crippen LogP contribution in [0.3, 0.4) is 0 Å². The topological polar surface area (TPSA) is 0 Å². The van der Waals surface area contributed by atoms with Crippen LogP contribution >= 0.6 is 11.8 Å². The molecular weight excluding hydrogens is 140 g/mol. The zero-order chi connectivity index (χ0) is 7.82. The van der Waals surface area contributed by atoms with E-state index in [2.05, 4.69) is 32.5 Å². The molecule has 0 aliphatic carbocycles. The van der Waals surface area contributed by atoms with Crippen LogP contribution in [0.25, 0.3) is 0 Å². The van der Waals surface area contributed by atoms with Crippen molar-refractivity contribution in [2.75, 3.05) is 11.5 Å². The molecule has 61 valence electrons. The third-order valence-corrected chi connectivity index (χ3v) is 2.72. The molecule has 0 aliphatic rings. The lowest BCUT2D eigenvalue weighted by Crippen LogP contribution is -1.91. The summed E-state index contributed by atoms with van der Waals surface area (Å²) in [4.78, 5) is 0. The van der Waals surface area contributed by atoms with E-state index >= 15 is 0 Å². The molecule has 0 N–H and O–H groups in total. The molecule has 0 spiro atoms. The first-order chi connectivity index (χ1) is 4.77. The van der Waals surface area contributed by atoms with Gasteiger partial charge in [0.1, 0.15) is 0 Å². The quantitative estimate of drug-likeness (QED) is 0.535. The molecule has 0 aliphatic heterocycles. The molecule has 0 rings (SSSR count). The van der Waals surface area contributed by atoms with Gasteiger partial charge in [-0.15, -0.1) is 0 Å². The molecule has 1 heteroatoms. The van der Waals surface area contributed by atoms with Crippen LogP contribution in [-0.4, -0.2) is 11.5 Å². The molecule has 0 amide bonds. The Morgan fingerprint density at radius 3 is 2.50 bits per heavy atom. The first kappa shape index (κ1) is 10.3. The van der Waals surface area contributed by atoms with Crippen LogP contribution in [0.5, 0.6) is 0 Å². The summed E-state index contributed by atoms with van der Waals surface area (Å²) in [6.45, 7) is 8.35. The maximum Gasteiger partial charge on any atom is -0.00444 e. The Bertz CT molecular complexity index is 59.7. The normalized spacial score (nSPS) is 10.8. The number of thioether (sulfide) groups is 1. The largest absolute Gasteiger partial charge is 0.162 e. The summed E-state index contributed by atoms with van der Waals surface area (Å²) in [5.74, 6) is 3.50. The molecule has 0 heterocycles. The average Bonchev–Trinajstić information content (AvgIpc) is 1.87. The molecule has 0 saturated carbocycles. The Hall–Kier alpha value is 0.350. The van der Waals surface area contributed by atoms with E-state index in [-0.39, 0.29) is 0 Å². The van der Waals surface area contributed by atoms with Crippen molar-refractivity contribution in [3.05, 3.63) is 6.92 Å². The van der Waals surface area contributed by atoms with Crippen LogP contribution in [0.2, 0.25) is 0 Å². The van der Waals surface area contributed by atoms with E-state index in [4.69, 9.17) is 0 Å². The second-order valence-electron chi connectivity index (χ2n) is 3.03. The molecule has 0 fully saturated rings. The number of rotatable bonds is 6. The zero-order valence-corrected chi connectivity index (χ0v) is 8.04. The molecule has 0 aromatic carbocycles. The predicted octanol–water partition coefficient (Wildman–Crippen LogP) is 3.38. The highest BCUT2D eigenvalue weighted by Crippen LogP contribution is 2.10. The van der Waals surface area contributed by atoms with Gasteiger partial charge >= 0.3 is 0 Å². The standard InChI is InChI=1S/C9H19S/c1-4-5-6-7-10-8-9(2)3/h9H,1,4-8H2,2-3H3. The summed E-state index contributed by atoms with van der Waals surface area (Å²) in [6, 6.07) is 0. The Kier molecular flexibility index (Phi) is 7.72.